The second-order valence-electron chi connectivity index (χ2n) is 8.34. The van der Waals surface area contributed by atoms with E-state index in [1.165, 1.54) is 5.56 Å². The average Bonchev–Trinajstić information content (AvgIpc) is 3.26. The van der Waals surface area contributed by atoms with Gasteiger partial charge in [0, 0.05) is 23.8 Å². The van der Waals surface area contributed by atoms with Crippen LogP contribution in [0.25, 0.3) is 0 Å². The molecule has 31 heavy (non-hydrogen) atoms. The third kappa shape index (κ3) is 6.18. The number of amides is 2. The summed E-state index contributed by atoms with van der Waals surface area (Å²) in [5, 5.41) is 9.70. The molecule has 7 nitrogen and oxygen atoms in total. The van der Waals surface area contributed by atoms with Crippen LogP contribution in [-0.2, 0) is 15.0 Å². The number of anilines is 2. The number of benzene rings is 2. The molecular weight excluding hydrogens is 392 g/mol. The lowest BCUT2D eigenvalue weighted by Gasteiger charge is -2.19. The van der Waals surface area contributed by atoms with Gasteiger partial charge in [-0.3, -0.25) is 14.3 Å². The molecule has 0 aliphatic carbocycles. The quantitative estimate of drug-likeness (QED) is 0.593. The van der Waals surface area contributed by atoms with Crippen molar-refractivity contribution in [2.24, 2.45) is 0 Å². The van der Waals surface area contributed by atoms with Gasteiger partial charge in [-0.2, -0.15) is 5.10 Å². The highest BCUT2D eigenvalue weighted by Gasteiger charge is 2.16. The van der Waals surface area contributed by atoms with E-state index in [1.54, 1.807) is 54.3 Å². The van der Waals surface area contributed by atoms with Crippen LogP contribution in [0.2, 0.25) is 0 Å². The van der Waals surface area contributed by atoms with Crippen molar-refractivity contribution in [2.45, 2.75) is 39.2 Å². The van der Waals surface area contributed by atoms with E-state index in [0.29, 0.717) is 17.1 Å². The van der Waals surface area contributed by atoms with Gasteiger partial charge in [0.15, 0.2) is 6.61 Å². The molecule has 0 aliphatic heterocycles. The lowest BCUT2D eigenvalue weighted by atomic mass is 9.87. The van der Waals surface area contributed by atoms with Gasteiger partial charge >= 0.3 is 0 Å². The van der Waals surface area contributed by atoms with Crippen LogP contribution in [0.15, 0.2) is 67.0 Å². The molecule has 0 spiro atoms. The molecule has 1 unspecified atom stereocenters. The van der Waals surface area contributed by atoms with Crippen molar-refractivity contribution in [3.63, 3.8) is 0 Å². The molecule has 7 heteroatoms. The Morgan fingerprint density at radius 3 is 2.32 bits per heavy atom. The fourth-order valence-electron chi connectivity index (χ4n) is 2.95. The van der Waals surface area contributed by atoms with Gasteiger partial charge in [-0.1, -0.05) is 39.0 Å². The van der Waals surface area contributed by atoms with Crippen molar-refractivity contribution < 1.29 is 14.3 Å². The molecule has 3 rings (SSSR count). The Morgan fingerprint density at radius 2 is 1.71 bits per heavy atom. The smallest absolute Gasteiger partial charge is 0.262 e. The molecule has 2 amide bonds. The van der Waals surface area contributed by atoms with E-state index in [9.17, 15) is 9.59 Å². The zero-order chi connectivity index (χ0) is 22.4. The zero-order valence-electron chi connectivity index (χ0n) is 18.3. The van der Waals surface area contributed by atoms with Gasteiger partial charge in [0.05, 0.1) is 0 Å². The van der Waals surface area contributed by atoms with E-state index in [1.807, 2.05) is 24.3 Å². The second-order valence-corrected chi connectivity index (χ2v) is 8.34. The van der Waals surface area contributed by atoms with E-state index in [0.717, 1.165) is 0 Å². The summed E-state index contributed by atoms with van der Waals surface area (Å²) in [5.41, 5.74) is 2.42. The largest absolute Gasteiger partial charge is 0.484 e. The molecule has 0 bridgehead atoms. The Bertz CT molecular complexity index is 1020. The van der Waals surface area contributed by atoms with Crippen molar-refractivity contribution in [2.75, 3.05) is 17.2 Å². The Labute approximate surface area is 182 Å². The van der Waals surface area contributed by atoms with Gasteiger partial charge in [-0.15, -0.1) is 0 Å². The molecule has 0 saturated heterocycles. The van der Waals surface area contributed by atoms with Crippen LogP contribution in [0.3, 0.4) is 0 Å². The maximum absolute atomic E-state index is 12.4. The van der Waals surface area contributed by atoms with Crippen LogP contribution in [0, 0.1) is 0 Å². The van der Waals surface area contributed by atoms with Crippen LogP contribution in [0.4, 0.5) is 11.4 Å². The predicted molar refractivity (Wildman–Crippen MR) is 121 cm³/mol. The van der Waals surface area contributed by atoms with Gasteiger partial charge < -0.3 is 15.4 Å². The van der Waals surface area contributed by atoms with Crippen LogP contribution in [-0.4, -0.2) is 28.2 Å². The monoisotopic (exact) mass is 420 g/mol. The first kappa shape index (κ1) is 22.1. The minimum Gasteiger partial charge on any atom is -0.484 e. The molecule has 1 atom stereocenters. The number of rotatable bonds is 7. The fraction of sp³-hybridized carbons (Fsp3) is 0.292. The lowest BCUT2D eigenvalue weighted by molar-refractivity contribution is -0.119. The third-order valence-corrected chi connectivity index (χ3v) is 4.81. The Hall–Kier alpha value is -3.61. The maximum atomic E-state index is 12.4. The molecule has 3 aromatic rings. The fourth-order valence-corrected chi connectivity index (χ4v) is 2.95. The standard InChI is InChI=1S/C24H28N4O3/c1-17(28-14-6-13-25-28)23(30)27-20-8-5-7-19(15-20)26-22(29)16-31-21-11-9-18(10-12-21)24(2,3)4/h5-15,17H,16H2,1-4H3,(H,26,29)(H,27,30). The van der Waals surface area contributed by atoms with Crippen molar-refractivity contribution in [3.05, 3.63) is 72.6 Å². The number of nitrogens with zero attached hydrogens (tertiary/aromatic N) is 2. The maximum Gasteiger partial charge on any atom is 0.262 e. The van der Waals surface area contributed by atoms with Gasteiger partial charge in [0.1, 0.15) is 11.8 Å². The van der Waals surface area contributed by atoms with Crippen molar-refractivity contribution in [3.8, 4) is 5.75 Å². The van der Waals surface area contributed by atoms with E-state index in [-0.39, 0.29) is 23.8 Å². The number of nitrogens with one attached hydrogen (secondary N) is 2. The highest BCUT2D eigenvalue weighted by atomic mass is 16.5. The molecule has 2 N–H and O–H groups in total. The normalized spacial score (nSPS) is 12.1. The highest BCUT2D eigenvalue weighted by molar-refractivity contribution is 5.95. The van der Waals surface area contributed by atoms with E-state index >= 15 is 0 Å². The summed E-state index contributed by atoms with van der Waals surface area (Å²) in [6, 6.07) is 16.0. The average molecular weight is 421 g/mol. The lowest BCUT2D eigenvalue weighted by Crippen LogP contribution is -2.24. The zero-order valence-corrected chi connectivity index (χ0v) is 18.3. The summed E-state index contributed by atoms with van der Waals surface area (Å²) in [6.45, 7) is 8.09. The van der Waals surface area contributed by atoms with Gasteiger partial charge in [-0.05, 0) is 54.3 Å². The molecular formula is C24H28N4O3. The number of aromatic nitrogens is 2. The predicted octanol–water partition coefficient (Wildman–Crippen LogP) is 4.40. The summed E-state index contributed by atoms with van der Waals surface area (Å²) in [7, 11) is 0. The van der Waals surface area contributed by atoms with Crippen molar-refractivity contribution >= 4 is 23.2 Å². The third-order valence-electron chi connectivity index (χ3n) is 4.81. The van der Waals surface area contributed by atoms with Gasteiger partial charge in [0.2, 0.25) is 5.91 Å². The first-order chi connectivity index (χ1) is 14.7. The summed E-state index contributed by atoms with van der Waals surface area (Å²) >= 11 is 0. The first-order valence-corrected chi connectivity index (χ1v) is 10.2. The number of carbonyl (C=O) groups is 2. The van der Waals surface area contributed by atoms with E-state index < -0.39 is 6.04 Å². The van der Waals surface area contributed by atoms with Gasteiger partial charge in [-0.25, -0.2) is 0 Å². The summed E-state index contributed by atoms with van der Waals surface area (Å²) in [4.78, 5) is 24.7. The number of ether oxygens (including phenoxy) is 1. The van der Waals surface area contributed by atoms with Crippen molar-refractivity contribution in [1.29, 1.82) is 0 Å². The minimum atomic E-state index is -0.452. The Balaban J connectivity index is 1.53. The molecule has 2 aromatic carbocycles. The summed E-state index contributed by atoms with van der Waals surface area (Å²) in [5.74, 6) is 0.152. The van der Waals surface area contributed by atoms with Crippen molar-refractivity contribution in [1.82, 2.24) is 9.78 Å². The number of hydrogen-bond donors (Lipinski definition) is 2. The molecule has 0 saturated carbocycles. The second kappa shape index (κ2) is 9.47. The van der Waals surface area contributed by atoms with Gasteiger partial charge in [0.25, 0.3) is 5.91 Å². The van der Waals surface area contributed by atoms with Crippen LogP contribution >= 0.6 is 0 Å². The SMILES string of the molecule is CC(C(=O)Nc1cccc(NC(=O)COc2ccc(C(C)(C)C)cc2)c1)n1cccn1. The van der Waals surface area contributed by atoms with Crippen LogP contribution < -0.4 is 15.4 Å². The molecule has 0 aliphatic rings. The topological polar surface area (TPSA) is 85.3 Å². The van der Waals surface area contributed by atoms with E-state index in [2.05, 4.69) is 36.5 Å². The van der Waals surface area contributed by atoms with E-state index in [4.69, 9.17) is 4.74 Å². The molecule has 1 heterocycles. The van der Waals surface area contributed by atoms with Crippen LogP contribution in [0.5, 0.6) is 5.75 Å². The molecule has 0 fully saturated rings. The molecule has 1 aromatic heterocycles. The Morgan fingerprint density at radius 1 is 1.03 bits per heavy atom. The number of carbonyl (C=O) groups excluding carboxylic acids is 2. The summed E-state index contributed by atoms with van der Waals surface area (Å²) in [6.07, 6.45) is 3.36. The Kier molecular flexibility index (Phi) is 6.74. The first-order valence-electron chi connectivity index (χ1n) is 10.2. The number of hydrogen-bond acceptors (Lipinski definition) is 4. The molecule has 0 radical (unpaired) electrons. The minimum absolute atomic E-state index is 0.0620. The highest BCUT2D eigenvalue weighted by Crippen LogP contribution is 2.24. The summed E-state index contributed by atoms with van der Waals surface area (Å²) < 4.78 is 7.16. The molecule has 162 valence electrons. The van der Waals surface area contributed by atoms with Crippen LogP contribution in [0.1, 0.15) is 39.3 Å².